The van der Waals surface area contributed by atoms with Crippen LogP contribution in [-0.4, -0.2) is 40.4 Å². The number of nitrogens with one attached hydrogen (secondary N) is 1. The first-order valence-electron chi connectivity index (χ1n) is 3.78. The van der Waals surface area contributed by atoms with Crippen LogP contribution in [0, 0.1) is 0 Å². The molecule has 1 heterocycles. The van der Waals surface area contributed by atoms with Crippen LogP contribution < -0.4 is 5.32 Å². The third-order valence-electron chi connectivity index (χ3n) is 1.28. The van der Waals surface area contributed by atoms with Crippen molar-refractivity contribution >= 4 is 0 Å². The van der Waals surface area contributed by atoms with Gasteiger partial charge in [-0.15, -0.1) is 10.2 Å². The second-order valence-electron chi connectivity index (χ2n) is 2.35. The molecule has 0 unspecified atom stereocenters. The first-order valence-corrected chi connectivity index (χ1v) is 3.78. The standard InChI is InChI=1S/C6H13N5O/c1-7-3-4-12-5-6-8-10-11(2)9-6/h7H,3-5H2,1-2H3. The largest absolute Gasteiger partial charge is 0.372 e. The Balaban J connectivity index is 2.15. The zero-order valence-electron chi connectivity index (χ0n) is 7.32. The fourth-order valence-corrected chi connectivity index (χ4v) is 0.719. The second-order valence-corrected chi connectivity index (χ2v) is 2.35. The van der Waals surface area contributed by atoms with Crippen molar-refractivity contribution in [1.29, 1.82) is 0 Å². The lowest BCUT2D eigenvalue weighted by Crippen LogP contribution is -2.14. The Labute approximate surface area is 70.9 Å². The summed E-state index contributed by atoms with van der Waals surface area (Å²) in [4.78, 5) is 1.41. The third kappa shape index (κ3) is 2.93. The SMILES string of the molecule is CNCCOCc1nnn(C)n1. The summed E-state index contributed by atoms with van der Waals surface area (Å²) in [6.45, 7) is 1.92. The van der Waals surface area contributed by atoms with Crippen LogP contribution in [0.5, 0.6) is 0 Å². The fraction of sp³-hybridized carbons (Fsp3) is 0.833. The van der Waals surface area contributed by atoms with Gasteiger partial charge in [-0.3, -0.25) is 0 Å². The highest BCUT2D eigenvalue weighted by Crippen LogP contribution is 1.88. The van der Waals surface area contributed by atoms with E-state index in [1.165, 1.54) is 4.80 Å². The van der Waals surface area contributed by atoms with Crippen LogP contribution in [0.2, 0.25) is 0 Å². The molecule has 6 nitrogen and oxygen atoms in total. The Hall–Kier alpha value is -1.01. The van der Waals surface area contributed by atoms with Crippen LogP contribution in [0.25, 0.3) is 0 Å². The molecule has 0 spiro atoms. The highest BCUT2D eigenvalue weighted by molar-refractivity contribution is 4.70. The molecule has 0 saturated heterocycles. The van der Waals surface area contributed by atoms with Gasteiger partial charge in [-0.2, -0.15) is 4.80 Å². The smallest absolute Gasteiger partial charge is 0.200 e. The van der Waals surface area contributed by atoms with Gasteiger partial charge >= 0.3 is 0 Å². The quantitative estimate of drug-likeness (QED) is 0.572. The number of aryl methyl sites for hydroxylation is 1. The molecule has 0 atom stereocenters. The van der Waals surface area contributed by atoms with E-state index in [0.29, 0.717) is 19.0 Å². The van der Waals surface area contributed by atoms with E-state index in [1.807, 2.05) is 7.05 Å². The number of ether oxygens (including phenoxy) is 1. The predicted molar refractivity (Wildman–Crippen MR) is 42.4 cm³/mol. The molecule has 1 aromatic rings. The maximum Gasteiger partial charge on any atom is 0.200 e. The number of hydrogen-bond donors (Lipinski definition) is 1. The van der Waals surface area contributed by atoms with E-state index in [2.05, 4.69) is 20.7 Å². The number of hydrogen-bond acceptors (Lipinski definition) is 5. The summed E-state index contributed by atoms with van der Waals surface area (Å²) in [6, 6.07) is 0. The molecule has 12 heavy (non-hydrogen) atoms. The van der Waals surface area contributed by atoms with Gasteiger partial charge in [-0.25, -0.2) is 0 Å². The Morgan fingerprint density at radius 1 is 1.58 bits per heavy atom. The Bertz CT molecular complexity index is 223. The number of aromatic nitrogens is 4. The summed E-state index contributed by atoms with van der Waals surface area (Å²) in [6.07, 6.45) is 0. The molecule has 0 aliphatic carbocycles. The minimum atomic E-state index is 0.426. The van der Waals surface area contributed by atoms with Gasteiger partial charge < -0.3 is 10.1 Å². The van der Waals surface area contributed by atoms with Gasteiger partial charge in [0.1, 0.15) is 6.61 Å². The molecule has 1 aromatic heterocycles. The molecule has 1 N–H and O–H groups in total. The van der Waals surface area contributed by atoms with Gasteiger partial charge in [0.25, 0.3) is 0 Å². The van der Waals surface area contributed by atoms with E-state index >= 15 is 0 Å². The number of rotatable bonds is 5. The zero-order valence-corrected chi connectivity index (χ0v) is 7.32. The predicted octanol–water partition coefficient (Wildman–Crippen LogP) is -1.05. The van der Waals surface area contributed by atoms with E-state index in [-0.39, 0.29) is 0 Å². The summed E-state index contributed by atoms with van der Waals surface area (Å²) in [5, 5.41) is 14.4. The Kier molecular flexibility index (Phi) is 3.62. The monoisotopic (exact) mass is 171 g/mol. The third-order valence-corrected chi connectivity index (χ3v) is 1.28. The van der Waals surface area contributed by atoms with Crippen LogP contribution in [0.15, 0.2) is 0 Å². The molecule has 0 amide bonds. The van der Waals surface area contributed by atoms with Crippen molar-refractivity contribution in [2.75, 3.05) is 20.2 Å². The van der Waals surface area contributed by atoms with Crippen molar-refractivity contribution in [2.45, 2.75) is 6.61 Å². The fourth-order valence-electron chi connectivity index (χ4n) is 0.719. The van der Waals surface area contributed by atoms with E-state index in [9.17, 15) is 0 Å². The number of nitrogens with zero attached hydrogens (tertiary/aromatic N) is 4. The molecule has 6 heteroatoms. The topological polar surface area (TPSA) is 64.9 Å². The summed E-state index contributed by atoms with van der Waals surface area (Å²) in [5.74, 6) is 0.619. The lowest BCUT2D eigenvalue weighted by atomic mass is 10.6. The maximum atomic E-state index is 5.23. The van der Waals surface area contributed by atoms with Gasteiger partial charge in [0.15, 0.2) is 5.82 Å². The van der Waals surface area contributed by atoms with Crippen LogP contribution in [0.4, 0.5) is 0 Å². The lowest BCUT2D eigenvalue weighted by Gasteiger charge is -1.98. The van der Waals surface area contributed by atoms with Crippen molar-refractivity contribution in [1.82, 2.24) is 25.5 Å². The molecular weight excluding hydrogens is 158 g/mol. The summed E-state index contributed by atoms with van der Waals surface area (Å²) in [7, 11) is 3.61. The van der Waals surface area contributed by atoms with Crippen molar-refractivity contribution in [3.05, 3.63) is 5.82 Å². The molecule has 68 valence electrons. The molecule has 0 aliphatic heterocycles. The van der Waals surface area contributed by atoms with Gasteiger partial charge in [0, 0.05) is 6.54 Å². The summed E-state index contributed by atoms with van der Waals surface area (Å²) in [5.41, 5.74) is 0. The van der Waals surface area contributed by atoms with E-state index in [0.717, 1.165) is 6.54 Å². The second kappa shape index (κ2) is 4.78. The molecule has 0 fully saturated rings. The maximum absolute atomic E-state index is 5.23. The summed E-state index contributed by atoms with van der Waals surface area (Å²) >= 11 is 0. The van der Waals surface area contributed by atoms with Gasteiger partial charge in [-0.05, 0) is 12.3 Å². The minimum absolute atomic E-state index is 0.426. The highest BCUT2D eigenvalue weighted by atomic mass is 16.5. The normalized spacial score (nSPS) is 10.5. The minimum Gasteiger partial charge on any atom is -0.372 e. The lowest BCUT2D eigenvalue weighted by molar-refractivity contribution is 0.118. The molecule has 0 aromatic carbocycles. The van der Waals surface area contributed by atoms with E-state index in [1.54, 1.807) is 7.05 Å². The van der Waals surface area contributed by atoms with Gasteiger partial charge in [0.05, 0.1) is 13.7 Å². The van der Waals surface area contributed by atoms with Crippen molar-refractivity contribution in [3.8, 4) is 0 Å². The number of likely N-dealkylation sites (N-methyl/N-ethyl adjacent to an activating group) is 1. The van der Waals surface area contributed by atoms with Crippen molar-refractivity contribution < 1.29 is 4.74 Å². The van der Waals surface area contributed by atoms with Crippen LogP contribution >= 0.6 is 0 Å². The first kappa shape index (κ1) is 9.08. The average Bonchev–Trinajstić information content (AvgIpc) is 2.45. The zero-order chi connectivity index (χ0) is 8.81. The molecule has 1 rings (SSSR count). The van der Waals surface area contributed by atoms with Crippen LogP contribution in [0.1, 0.15) is 5.82 Å². The first-order chi connectivity index (χ1) is 5.83. The highest BCUT2D eigenvalue weighted by Gasteiger charge is 1.98. The van der Waals surface area contributed by atoms with Crippen molar-refractivity contribution in [2.24, 2.45) is 7.05 Å². The molecule has 0 aliphatic rings. The summed E-state index contributed by atoms with van der Waals surface area (Å²) < 4.78 is 5.23. The average molecular weight is 171 g/mol. The Morgan fingerprint density at radius 2 is 2.42 bits per heavy atom. The number of tetrazole rings is 1. The Morgan fingerprint density at radius 3 is 3.00 bits per heavy atom. The van der Waals surface area contributed by atoms with Gasteiger partial charge in [0.2, 0.25) is 0 Å². The molecular formula is C6H13N5O. The van der Waals surface area contributed by atoms with Crippen molar-refractivity contribution in [3.63, 3.8) is 0 Å². The van der Waals surface area contributed by atoms with Crippen LogP contribution in [0.3, 0.4) is 0 Å². The van der Waals surface area contributed by atoms with Gasteiger partial charge in [-0.1, -0.05) is 0 Å². The van der Waals surface area contributed by atoms with E-state index < -0.39 is 0 Å². The molecule has 0 radical (unpaired) electrons. The molecule has 0 saturated carbocycles. The van der Waals surface area contributed by atoms with E-state index in [4.69, 9.17) is 4.74 Å². The molecule has 0 bridgehead atoms. The van der Waals surface area contributed by atoms with Crippen LogP contribution in [-0.2, 0) is 18.4 Å².